The molecule has 16 heavy (non-hydrogen) atoms. The van der Waals surface area contributed by atoms with Crippen LogP contribution in [0.25, 0.3) is 0 Å². The van der Waals surface area contributed by atoms with Crippen LogP contribution < -0.4 is 0 Å². The number of esters is 2. The first kappa shape index (κ1) is 13.0. The summed E-state index contributed by atoms with van der Waals surface area (Å²) in [6.45, 7) is 2.38. The fourth-order valence-corrected chi connectivity index (χ4v) is 1.68. The average Bonchev–Trinajstić information content (AvgIpc) is 2.63. The average molecular weight is 228 g/mol. The molecule has 1 saturated heterocycles. The highest BCUT2D eigenvalue weighted by molar-refractivity contribution is 5.74. The van der Waals surface area contributed by atoms with Crippen molar-refractivity contribution >= 4 is 11.9 Å². The molecule has 0 aromatic heterocycles. The second-order valence-corrected chi connectivity index (χ2v) is 4.16. The third kappa shape index (κ3) is 5.14. The molecular weight excluding hydrogens is 208 g/mol. The molecule has 0 aromatic rings. The van der Waals surface area contributed by atoms with E-state index in [9.17, 15) is 9.59 Å². The van der Waals surface area contributed by atoms with Crippen molar-refractivity contribution in [3.63, 3.8) is 0 Å². The Balaban J connectivity index is 2.00. The van der Waals surface area contributed by atoms with Gasteiger partial charge in [-0.25, -0.2) is 0 Å². The third-order valence-electron chi connectivity index (χ3n) is 2.61. The Morgan fingerprint density at radius 3 is 2.75 bits per heavy atom. The van der Waals surface area contributed by atoms with E-state index in [1.54, 1.807) is 0 Å². The number of cyclic esters (lactones) is 1. The zero-order chi connectivity index (χ0) is 11.8. The van der Waals surface area contributed by atoms with Gasteiger partial charge in [-0.15, -0.1) is 0 Å². The van der Waals surface area contributed by atoms with E-state index in [0.29, 0.717) is 6.42 Å². The lowest BCUT2D eigenvalue weighted by Crippen LogP contribution is -2.17. The molecule has 0 amide bonds. The second-order valence-electron chi connectivity index (χ2n) is 4.16. The molecule has 1 atom stereocenters. The zero-order valence-electron chi connectivity index (χ0n) is 9.87. The Labute approximate surface area is 96.3 Å². The summed E-state index contributed by atoms with van der Waals surface area (Å²) in [4.78, 5) is 22.1. The molecule has 1 heterocycles. The lowest BCUT2D eigenvalue weighted by molar-refractivity contribution is -0.149. The van der Waals surface area contributed by atoms with E-state index in [0.717, 1.165) is 12.8 Å². The van der Waals surface area contributed by atoms with E-state index in [1.807, 2.05) is 0 Å². The summed E-state index contributed by atoms with van der Waals surface area (Å²) in [7, 11) is 0. The fourth-order valence-electron chi connectivity index (χ4n) is 1.68. The van der Waals surface area contributed by atoms with Gasteiger partial charge < -0.3 is 9.47 Å². The first-order chi connectivity index (χ1) is 7.72. The van der Waals surface area contributed by atoms with E-state index >= 15 is 0 Å². The van der Waals surface area contributed by atoms with Gasteiger partial charge in [0.1, 0.15) is 12.7 Å². The van der Waals surface area contributed by atoms with Gasteiger partial charge in [-0.1, -0.05) is 32.6 Å². The maximum absolute atomic E-state index is 11.3. The highest BCUT2D eigenvalue weighted by Gasteiger charge is 2.26. The number of carbonyl (C=O) groups is 2. The van der Waals surface area contributed by atoms with Gasteiger partial charge in [0.15, 0.2) is 0 Å². The number of hydrogen-bond acceptors (Lipinski definition) is 4. The summed E-state index contributed by atoms with van der Waals surface area (Å²) in [5.74, 6) is -0.486. The fraction of sp³-hybridized carbons (Fsp3) is 0.833. The van der Waals surface area contributed by atoms with Crippen molar-refractivity contribution in [1.29, 1.82) is 0 Å². The lowest BCUT2D eigenvalue weighted by Gasteiger charge is -2.08. The maximum atomic E-state index is 11.3. The Kier molecular flexibility index (Phi) is 5.90. The first-order valence-electron chi connectivity index (χ1n) is 6.07. The summed E-state index contributed by atoms with van der Waals surface area (Å²) in [6, 6.07) is 0. The van der Waals surface area contributed by atoms with E-state index < -0.39 is 0 Å². The molecule has 1 unspecified atom stereocenters. The van der Waals surface area contributed by atoms with Crippen LogP contribution in [0.15, 0.2) is 0 Å². The van der Waals surface area contributed by atoms with Crippen LogP contribution >= 0.6 is 0 Å². The van der Waals surface area contributed by atoms with E-state index in [4.69, 9.17) is 9.47 Å². The summed E-state index contributed by atoms with van der Waals surface area (Å²) in [6.07, 6.45) is 5.86. The molecule has 0 aromatic carbocycles. The molecule has 0 spiro atoms. The van der Waals surface area contributed by atoms with E-state index in [-0.39, 0.29) is 31.1 Å². The van der Waals surface area contributed by atoms with Crippen LogP contribution in [-0.2, 0) is 19.1 Å². The summed E-state index contributed by atoms with van der Waals surface area (Å²) in [5.41, 5.74) is 0. The predicted octanol–water partition coefficient (Wildman–Crippen LogP) is 2.21. The topological polar surface area (TPSA) is 52.6 Å². The molecule has 0 radical (unpaired) electrons. The predicted molar refractivity (Wildman–Crippen MR) is 58.8 cm³/mol. The number of rotatable bonds is 7. The van der Waals surface area contributed by atoms with Crippen LogP contribution in [0, 0.1) is 0 Å². The standard InChI is InChI=1S/C12H20O4/c1-2-3-4-5-6-7-11(13)16-10-8-12(14)15-9-10/h10H,2-9H2,1H3. The van der Waals surface area contributed by atoms with Crippen molar-refractivity contribution in [2.45, 2.75) is 58.0 Å². The molecule has 92 valence electrons. The molecule has 1 aliphatic rings. The molecule has 0 N–H and O–H groups in total. The highest BCUT2D eigenvalue weighted by Crippen LogP contribution is 2.12. The Morgan fingerprint density at radius 1 is 1.38 bits per heavy atom. The van der Waals surface area contributed by atoms with Gasteiger partial charge in [0.2, 0.25) is 0 Å². The molecule has 0 aliphatic carbocycles. The van der Waals surface area contributed by atoms with Crippen LogP contribution in [0.1, 0.15) is 51.9 Å². The van der Waals surface area contributed by atoms with Crippen molar-refractivity contribution in [3.05, 3.63) is 0 Å². The van der Waals surface area contributed by atoms with Crippen molar-refractivity contribution in [2.75, 3.05) is 6.61 Å². The van der Waals surface area contributed by atoms with Crippen molar-refractivity contribution < 1.29 is 19.1 Å². The van der Waals surface area contributed by atoms with Crippen molar-refractivity contribution in [2.24, 2.45) is 0 Å². The number of carbonyl (C=O) groups excluding carboxylic acids is 2. The van der Waals surface area contributed by atoms with Gasteiger partial charge >= 0.3 is 11.9 Å². The number of ether oxygens (including phenoxy) is 2. The lowest BCUT2D eigenvalue weighted by atomic mass is 10.1. The van der Waals surface area contributed by atoms with Gasteiger partial charge in [-0.3, -0.25) is 9.59 Å². The number of hydrogen-bond donors (Lipinski definition) is 0. The molecule has 1 aliphatic heterocycles. The van der Waals surface area contributed by atoms with Crippen LogP contribution in [0.3, 0.4) is 0 Å². The Bertz CT molecular complexity index is 237. The molecule has 0 bridgehead atoms. The normalized spacial score (nSPS) is 19.6. The van der Waals surface area contributed by atoms with E-state index in [1.165, 1.54) is 19.3 Å². The highest BCUT2D eigenvalue weighted by atomic mass is 16.6. The Hall–Kier alpha value is -1.06. The Morgan fingerprint density at radius 2 is 2.12 bits per heavy atom. The molecule has 4 nitrogen and oxygen atoms in total. The van der Waals surface area contributed by atoms with Crippen molar-refractivity contribution in [3.8, 4) is 0 Å². The smallest absolute Gasteiger partial charge is 0.309 e. The minimum absolute atomic E-state index is 0.209. The molecule has 1 rings (SSSR count). The third-order valence-corrected chi connectivity index (χ3v) is 2.61. The SMILES string of the molecule is CCCCCCCC(=O)OC1COC(=O)C1. The zero-order valence-corrected chi connectivity index (χ0v) is 9.87. The minimum atomic E-state index is -0.351. The van der Waals surface area contributed by atoms with Gasteiger partial charge in [0, 0.05) is 6.42 Å². The molecule has 4 heteroatoms. The van der Waals surface area contributed by atoms with Gasteiger partial charge in [-0.2, -0.15) is 0 Å². The summed E-state index contributed by atoms with van der Waals surface area (Å²) >= 11 is 0. The first-order valence-corrected chi connectivity index (χ1v) is 6.07. The minimum Gasteiger partial charge on any atom is -0.462 e. The molecular formula is C12H20O4. The largest absolute Gasteiger partial charge is 0.462 e. The van der Waals surface area contributed by atoms with Gasteiger partial charge in [0.05, 0.1) is 6.42 Å². The van der Waals surface area contributed by atoms with Crippen LogP contribution in [0.2, 0.25) is 0 Å². The van der Waals surface area contributed by atoms with Crippen LogP contribution in [-0.4, -0.2) is 24.6 Å². The van der Waals surface area contributed by atoms with Gasteiger partial charge in [-0.05, 0) is 6.42 Å². The quantitative estimate of drug-likeness (QED) is 0.495. The van der Waals surface area contributed by atoms with Crippen molar-refractivity contribution in [1.82, 2.24) is 0 Å². The van der Waals surface area contributed by atoms with Crippen LogP contribution in [0.5, 0.6) is 0 Å². The summed E-state index contributed by atoms with van der Waals surface area (Å²) < 4.78 is 9.81. The summed E-state index contributed by atoms with van der Waals surface area (Å²) in [5, 5.41) is 0. The van der Waals surface area contributed by atoms with Gasteiger partial charge in [0.25, 0.3) is 0 Å². The monoisotopic (exact) mass is 228 g/mol. The van der Waals surface area contributed by atoms with E-state index in [2.05, 4.69) is 6.92 Å². The number of unbranched alkanes of at least 4 members (excludes halogenated alkanes) is 4. The maximum Gasteiger partial charge on any atom is 0.309 e. The molecule has 1 fully saturated rings. The van der Waals surface area contributed by atoms with Crippen LogP contribution in [0.4, 0.5) is 0 Å². The molecule has 0 saturated carbocycles. The second kappa shape index (κ2) is 7.25.